The summed E-state index contributed by atoms with van der Waals surface area (Å²) in [6, 6.07) is 0. The molecule has 6 nitrogen and oxygen atoms in total. The van der Waals surface area contributed by atoms with Crippen LogP contribution in [0.4, 0.5) is 0 Å². The van der Waals surface area contributed by atoms with Crippen LogP contribution in [0.1, 0.15) is 30.3 Å². The lowest BCUT2D eigenvalue weighted by molar-refractivity contribution is 0.639. The fourth-order valence-corrected chi connectivity index (χ4v) is 1.42. The SMILES string of the molecule is [CH2]C(CCCc1c[nH]nn1)c1nc[nH]n1. The number of nitrogens with zero attached hydrogens (tertiary/aromatic N) is 4. The predicted octanol–water partition coefficient (Wildman–Crippen LogP) is 0.863. The van der Waals surface area contributed by atoms with E-state index in [1.165, 1.54) is 0 Å². The van der Waals surface area contributed by atoms with Gasteiger partial charge in [-0.25, -0.2) is 4.98 Å². The Hall–Kier alpha value is -1.72. The summed E-state index contributed by atoms with van der Waals surface area (Å²) in [5, 5.41) is 16.9. The van der Waals surface area contributed by atoms with Crippen LogP contribution < -0.4 is 0 Å². The number of hydrogen-bond acceptors (Lipinski definition) is 4. The van der Waals surface area contributed by atoms with Gasteiger partial charge in [0.1, 0.15) is 6.33 Å². The van der Waals surface area contributed by atoms with Crippen LogP contribution in [-0.4, -0.2) is 30.6 Å². The highest BCUT2D eigenvalue weighted by Crippen LogP contribution is 2.16. The first kappa shape index (κ1) is 9.82. The summed E-state index contributed by atoms with van der Waals surface area (Å²) < 4.78 is 0. The van der Waals surface area contributed by atoms with Gasteiger partial charge >= 0.3 is 0 Å². The first-order valence-corrected chi connectivity index (χ1v) is 4.90. The Labute approximate surface area is 87.5 Å². The molecule has 2 N–H and O–H groups in total. The van der Waals surface area contributed by atoms with E-state index in [-0.39, 0.29) is 5.92 Å². The minimum absolute atomic E-state index is 0.142. The standard InChI is InChI=1S/C9H13N6/c1-7(9-10-6-12-14-9)3-2-4-8-5-11-15-13-8/h5-7H,1-4H2,(H,10,12,14)(H,11,13,15). The van der Waals surface area contributed by atoms with Gasteiger partial charge in [-0.3, -0.25) is 10.2 Å². The molecule has 0 bridgehead atoms. The topological polar surface area (TPSA) is 83.1 Å². The summed E-state index contributed by atoms with van der Waals surface area (Å²) in [6.07, 6.45) is 6.25. The van der Waals surface area contributed by atoms with Gasteiger partial charge in [0, 0.05) is 12.1 Å². The molecule has 15 heavy (non-hydrogen) atoms. The van der Waals surface area contributed by atoms with E-state index in [0.29, 0.717) is 0 Å². The van der Waals surface area contributed by atoms with Gasteiger partial charge in [-0.2, -0.15) is 5.10 Å². The number of nitrogens with one attached hydrogen (secondary N) is 2. The monoisotopic (exact) mass is 205 g/mol. The fraction of sp³-hybridized carbons (Fsp3) is 0.444. The molecule has 0 aliphatic heterocycles. The molecule has 0 aliphatic rings. The van der Waals surface area contributed by atoms with E-state index < -0.39 is 0 Å². The number of aromatic amines is 2. The van der Waals surface area contributed by atoms with Crippen LogP contribution in [0.25, 0.3) is 0 Å². The highest BCUT2D eigenvalue weighted by Gasteiger charge is 2.09. The average Bonchev–Trinajstić information content (AvgIpc) is 2.90. The zero-order chi connectivity index (χ0) is 10.5. The molecule has 2 aromatic rings. The summed E-state index contributed by atoms with van der Waals surface area (Å²) in [4.78, 5) is 4.07. The molecule has 1 unspecified atom stereocenters. The normalized spacial score (nSPS) is 12.9. The van der Waals surface area contributed by atoms with Gasteiger partial charge in [0.15, 0.2) is 5.82 Å². The van der Waals surface area contributed by atoms with Gasteiger partial charge in [0.05, 0.1) is 5.69 Å². The van der Waals surface area contributed by atoms with Crippen LogP contribution >= 0.6 is 0 Å². The van der Waals surface area contributed by atoms with Gasteiger partial charge < -0.3 is 0 Å². The van der Waals surface area contributed by atoms with Crippen molar-refractivity contribution in [3.8, 4) is 0 Å². The third-order valence-electron chi connectivity index (χ3n) is 2.25. The van der Waals surface area contributed by atoms with Crippen molar-refractivity contribution in [2.75, 3.05) is 0 Å². The Morgan fingerprint density at radius 3 is 3.00 bits per heavy atom. The molecule has 0 aliphatic carbocycles. The largest absolute Gasteiger partial charge is 0.266 e. The molecule has 0 saturated heterocycles. The molecular weight excluding hydrogens is 192 g/mol. The third-order valence-corrected chi connectivity index (χ3v) is 2.25. The summed E-state index contributed by atoms with van der Waals surface area (Å²) in [5.41, 5.74) is 0.984. The maximum absolute atomic E-state index is 4.07. The smallest absolute Gasteiger partial charge is 0.153 e. The van der Waals surface area contributed by atoms with Crippen LogP contribution in [0.3, 0.4) is 0 Å². The van der Waals surface area contributed by atoms with Gasteiger partial charge in [-0.05, 0) is 26.2 Å². The van der Waals surface area contributed by atoms with Crippen LogP contribution in [0, 0.1) is 6.92 Å². The summed E-state index contributed by atoms with van der Waals surface area (Å²) in [6.45, 7) is 4.01. The van der Waals surface area contributed by atoms with E-state index in [2.05, 4.69) is 37.5 Å². The van der Waals surface area contributed by atoms with Crippen molar-refractivity contribution in [3.05, 3.63) is 31.0 Å². The zero-order valence-corrected chi connectivity index (χ0v) is 8.35. The Balaban J connectivity index is 1.74. The van der Waals surface area contributed by atoms with Crippen molar-refractivity contribution in [1.29, 1.82) is 0 Å². The second-order valence-corrected chi connectivity index (χ2v) is 3.41. The lowest BCUT2D eigenvalue weighted by Gasteiger charge is -2.04. The van der Waals surface area contributed by atoms with Crippen LogP contribution in [0.15, 0.2) is 12.5 Å². The zero-order valence-electron chi connectivity index (χ0n) is 8.35. The number of hydrogen-bond donors (Lipinski definition) is 2. The highest BCUT2D eigenvalue weighted by molar-refractivity contribution is 4.96. The Morgan fingerprint density at radius 1 is 1.40 bits per heavy atom. The summed E-state index contributed by atoms with van der Waals surface area (Å²) >= 11 is 0. The molecule has 1 radical (unpaired) electrons. The van der Waals surface area contributed by atoms with Gasteiger partial charge in [0.25, 0.3) is 0 Å². The van der Waals surface area contributed by atoms with E-state index in [9.17, 15) is 0 Å². The molecule has 79 valence electrons. The van der Waals surface area contributed by atoms with Gasteiger partial charge in [0.2, 0.25) is 0 Å². The second-order valence-electron chi connectivity index (χ2n) is 3.41. The molecule has 6 heteroatoms. The van der Waals surface area contributed by atoms with E-state index in [1.54, 1.807) is 6.33 Å². The molecule has 0 amide bonds. The maximum atomic E-state index is 4.07. The first-order valence-electron chi connectivity index (χ1n) is 4.90. The van der Waals surface area contributed by atoms with E-state index in [1.807, 2.05) is 6.20 Å². The molecule has 1 atom stereocenters. The van der Waals surface area contributed by atoms with Crippen molar-refractivity contribution in [2.24, 2.45) is 0 Å². The van der Waals surface area contributed by atoms with Crippen molar-refractivity contribution in [1.82, 2.24) is 30.6 Å². The summed E-state index contributed by atoms with van der Waals surface area (Å²) in [7, 11) is 0. The number of aryl methyl sites for hydroxylation is 1. The van der Waals surface area contributed by atoms with E-state index in [0.717, 1.165) is 30.8 Å². The van der Waals surface area contributed by atoms with Crippen LogP contribution in [-0.2, 0) is 6.42 Å². The molecular formula is C9H13N6. The molecule has 2 heterocycles. The molecule has 2 aromatic heterocycles. The summed E-state index contributed by atoms with van der Waals surface area (Å²) in [5.74, 6) is 0.915. The third kappa shape index (κ3) is 2.61. The number of aromatic nitrogens is 6. The first-order chi connectivity index (χ1) is 7.36. The lowest BCUT2D eigenvalue weighted by Crippen LogP contribution is -1.98. The van der Waals surface area contributed by atoms with Crippen molar-refractivity contribution >= 4 is 0 Å². The molecule has 0 spiro atoms. The van der Waals surface area contributed by atoms with Crippen molar-refractivity contribution in [3.63, 3.8) is 0 Å². The average molecular weight is 205 g/mol. The van der Waals surface area contributed by atoms with Crippen molar-refractivity contribution < 1.29 is 0 Å². The van der Waals surface area contributed by atoms with E-state index >= 15 is 0 Å². The van der Waals surface area contributed by atoms with Crippen molar-refractivity contribution in [2.45, 2.75) is 25.2 Å². The molecule has 0 aromatic carbocycles. The van der Waals surface area contributed by atoms with Gasteiger partial charge in [-0.1, -0.05) is 5.21 Å². The van der Waals surface area contributed by atoms with Crippen LogP contribution in [0.2, 0.25) is 0 Å². The van der Waals surface area contributed by atoms with E-state index in [4.69, 9.17) is 0 Å². The quantitative estimate of drug-likeness (QED) is 0.758. The Morgan fingerprint density at radius 2 is 2.33 bits per heavy atom. The minimum atomic E-state index is 0.142. The Bertz CT molecular complexity index is 365. The second kappa shape index (κ2) is 4.68. The highest BCUT2D eigenvalue weighted by atomic mass is 15.3. The number of rotatable bonds is 5. The molecule has 0 saturated carbocycles. The maximum Gasteiger partial charge on any atom is 0.153 e. The fourth-order valence-electron chi connectivity index (χ4n) is 1.42. The molecule has 2 rings (SSSR count). The Kier molecular flexibility index (Phi) is 3.06. The number of H-pyrrole nitrogens is 2. The van der Waals surface area contributed by atoms with Gasteiger partial charge in [-0.15, -0.1) is 5.10 Å². The predicted molar refractivity (Wildman–Crippen MR) is 53.8 cm³/mol. The van der Waals surface area contributed by atoms with Crippen LogP contribution in [0.5, 0.6) is 0 Å². The minimum Gasteiger partial charge on any atom is -0.266 e. The molecule has 0 fully saturated rings. The lowest BCUT2D eigenvalue weighted by atomic mass is 10.0.